The summed E-state index contributed by atoms with van der Waals surface area (Å²) in [7, 11) is 0. The Balaban J connectivity index is 1.91. The van der Waals surface area contributed by atoms with E-state index in [0.717, 1.165) is 20.1 Å². The molecule has 0 fully saturated rings. The molecule has 0 aliphatic rings. The fourth-order valence-corrected chi connectivity index (χ4v) is 2.55. The molecule has 0 aliphatic carbocycles. The molecule has 0 amide bonds. The number of aliphatic hydroxyl groups is 2. The highest BCUT2D eigenvalue weighted by atomic mass is 79.9. The minimum atomic E-state index is -0.548. The Hall–Kier alpha value is -0.680. The maximum absolute atomic E-state index is 10.1. The third-order valence-electron chi connectivity index (χ3n) is 3.22. The fourth-order valence-electron chi connectivity index (χ4n) is 2.02. The highest BCUT2D eigenvalue weighted by Gasteiger charge is 2.12. The van der Waals surface area contributed by atoms with E-state index in [1.165, 1.54) is 0 Å². The van der Waals surface area contributed by atoms with Crippen LogP contribution in [0.4, 0.5) is 0 Å². The number of halogens is 2. The average molecular weight is 400 g/mol. The van der Waals surface area contributed by atoms with Crippen molar-refractivity contribution < 1.29 is 10.2 Å². The molecule has 2 nitrogen and oxygen atoms in total. The molecular weight excluding hydrogens is 384 g/mol. The molecule has 2 unspecified atom stereocenters. The monoisotopic (exact) mass is 398 g/mol. The zero-order valence-electron chi connectivity index (χ0n) is 10.8. The van der Waals surface area contributed by atoms with Crippen molar-refractivity contribution >= 4 is 31.9 Å². The van der Waals surface area contributed by atoms with Crippen LogP contribution < -0.4 is 0 Å². The number of benzene rings is 2. The van der Waals surface area contributed by atoms with Crippen LogP contribution in [0.25, 0.3) is 0 Å². The van der Waals surface area contributed by atoms with Gasteiger partial charge in [0, 0.05) is 8.95 Å². The van der Waals surface area contributed by atoms with Gasteiger partial charge in [-0.1, -0.05) is 56.1 Å². The molecule has 0 saturated heterocycles. The van der Waals surface area contributed by atoms with Crippen molar-refractivity contribution in [3.63, 3.8) is 0 Å². The molecule has 0 aromatic heterocycles. The topological polar surface area (TPSA) is 40.5 Å². The highest BCUT2D eigenvalue weighted by Crippen LogP contribution is 2.26. The van der Waals surface area contributed by atoms with Gasteiger partial charge in [-0.05, 0) is 48.2 Å². The van der Waals surface area contributed by atoms with E-state index in [-0.39, 0.29) is 0 Å². The van der Waals surface area contributed by atoms with Gasteiger partial charge in [0.25, 0.3) is 0 Å². The van der Waals surface area contributed by atoms with E-state index in [0.29, 0.717) is 12.8 Å². The van der Waals surface area contributed by atoms with Crippen LogP contribution in [0, 0.1) is 0 Å². The first-order valence-electron chi connectivity index (χ1n) is 6.43. The standard InChI is InChI=1S/C16H16Br2O2/c17-13-5-1-11(2-6-13)15(19)9-10-16(20)12-3-7-14(18)8-4-12/h1-8,15-16,19-20H,9-10H2. The van der Waals surface area contributed by atoms with Crippen molar-refractivity contribution in [1.29, 1.82) is 0 Å². The SMILES string of the molecule is OC(CCC(O)c1ccc(Br)cc1)c1ccc(Br)cc1. The van der Waals surface area contributed by atoms with Gasteiger partial charge in [0.2, 0.25) is 0 Å². The summed E-state index contributed by atoms with van der Waals surface area (Å²) in [6.07, 6.45) is -0.0426. The zero-order chi connectivity index (χ0) is 14.5. The van der Waals surface area contributed by atoms with E-state index in [1.54, 1.807) is 0 Å². The second-order valence-electron chi connectivity index (χ2n) is 4.71. The van der Waals surface area contributed by atoms with Crippen molar-refractivity contribution in [2.75, 3.05) is 0 Å². The van der Waals surface area contributed by atoms with E-state index >= 15 is 0 Å². The first-order valence-corrected chi connectivity index (χ1v) is 8.02. The van der Waals surface area contributed by atoms with Crippen LogP contribution in [0.3, 0.4) is 0 Å². The van der Waals surface area contributed by atoms with Crippen LogP contribution in [0.1, 0.15) is 36.2 Å². The van der Waals surface area contributed by atoms with Crippen molar-refractivity contribution in [3.8, 4) is 0 Å². The average Bonchev–Trinajstić information content (AvgIpc) is 2.46. The molecule has 0 bridgehead atoms. The van der Waals surface area contributed by atoms with Crippen molar-refractivity contribution in [3.05, 3.63) is 68.6 Å². The number of hydrogen-bond acceptors (Lipinski definition) is 2. The summed E-state index contributed by atoms with van der Waals surface area (Å²) < 4.78 is 1.98. The molecule has 0 heterocycles. The fraction of sp³-hybridized carbons (Fsp3) is 0.250. The van der Waals surface area contributed by atoms with E-state index in [2.05, 4.69) is 31.9 Å². The third-order valence-corrected chi connectivity index (χ3v) is 4.28. The first-order chi connectivity index (χ1) is 9.56. The largest absolute Gasteiger partial charge is 0.388 e. The predicted octanol–water partition coefficient (Wildman–Crippen LogP) is 4.76. The van der Waals surface area contributed by atoms with Gasteiger partial charge in [0.05, 0.1) is 12.2 Å². The summed E-state index contributed by atoms with van der Waals surface area (Å²) in [6.45, 7) is 0. The summed E-state index contributed by atoms with van der Waals surface area (Å²) in [4.78, 5) is 0. The molecule has 0 aliphatic heterocycles. The molecule has 0 saturated carbocycles. The van der Waals surface area contributed by atoms with Crippen LogP contribution >= 0.6 is 31.9 Å². The maximum atomic E-state index is 10.1. The molecule has 106 valence electrons. The molecule has 2 rings (SSSR count). The lowest BCUT2D eigenvalue weighted by molar-refractivity contribution is 0.115. The van der Waals surface area contributed by atoms with Gasteiger partial charge in [0.15, 0.2) is 0 Å². The van der Waals surface area contributed by atoms with Crippen LogP contribution in [0.15, 0.2) is 57.5 Å². The number of hydrogen-bond donors (Lipinski definition) is 2. The molecule has 2 aromatic rings. The second kappa shape index (κ2) is 7.36. The van der Waals surface area contributed by atoms with Crippen molar-refractivity contribution in [1.82, 2.24) is 0 Å². The van der Waals surface area contributed by atoms with E-state index in [4.69, 9.17) is 0 Å². The Labute approximate surface area is 135 Å². The van der Waals surface area contributed by atoms with E-state index in [9.17, 15) is 10.2 Å². The van der Waals surface area contributed by atoms with Crippen LogP contribution in [0.5, 0.6) is 0 Å². The number of aliphatic hydroxyl groups excluding tert-OH is 2. The minimum Gasteiger partial charge on any atom is -0.388 e. The van der Waals surface area contributed by atoms with Gasteiger partial charge in [-0.25, -0.2) is 0 Å². The molecule has 0 radical (unpaired) electrons. The number of rotatable bonds is 5. The first kappa shape index (κ1) is 15.7. The Morgan fingerprint density at radius 2 is 0.950 bits per heavy atom. The summed E-state index contributed by atoms with van der Waals surface area (Å²) in [5.74, 6) is 0. The third kappa shape index (κ3) is 4.42. The lowest BCUT2D eigenvalue weighted by Gasteiger charge is -2.15. The van der Waals surface area contributed by atoms with Crippen LogP contribution in [-0.4, -0.2) is 10.2 Å². The Morgan fingerprint density at radius 1 is 0.650 bits per heavy atom. The molecule has 20 heavy (non-hydrogen) atoms. The Kier molecular flexibility index (Phi) is 5.78. The van der Waals surface area contributed by atoms with Gasteiger partial charge >= 0.3 is 0 Å². The zero-order valence-corrected chi connectivity index (χ0v) is 14.0. The molecule has 2 aromatic carbocycles. The van der Waals surface area contributed by atoms with Gasteiger partial charge in [-0.2, -0.15) is 0 Å². The lowest BCUT2D eigenvalue weighted by Crippen LogP contribution is -2.03. The molecule has 2 N–H and O–H groups in total. The van der Waals surface area contributed by atoms with Crippen LogP contribution in [-0.2, 0) is 0 Å². The van der Waals surface area contributed by atoms with Crippen molar-refractivity contribution in [2.45, 2.75) is 25.0 Å². The summed E-state index contributed by atoms with van der Waals surface area (Å²) >= 11 is 6.74. The van der Waals surface area contributed by atoms with Gasteiger partial charge < -0.3 is 10.2 Å². The highest BCUT2D eigenvalue weighted by molar-refractivity contribution is 9.10. The quantitative estimate of drug-likeness (QED) is 0.760. The second-order valence-corrected chi connectivity index (χ2v) is 6.54. The molecule has 4 heteroatoms. The smallest absolute Gasteiger partial charge is 0.0791 e. The summed E-state index contributed by atoms with van der Waals surface area (Å²) in [5.41, 5.74) is 1.74. The summed E-state index contributed by atoms with van der Waals surface area (Å²) in [6, 6.07) is 15.2. The van der Waals surface area contributed by atoms with Gasteiger partial charge in [-0.15, -0.1) is 0 Å². The van der Waals surface area contributed by atoms with E-state index < -0.39 is 12.2 Å². The van der Waals surface area contributed by atoms with Crippen molar-refractivity contribution in [2.24, 2.45) is 0 Å². The minimum absolute atomic E-state index is 0.527. The Bertz CT molecular complexity index is 486. The maximum Gasteiger partial charge on any atom is 0.0791 e. The molecule has 2 atom stereocenters. The summed E-state index contributed by atoms with van der Waals surface area (Å²) in [5, 5.41) is 20.2. The molecular formula is C16H16Br2O2. The Morgan fingerprint density at radius 3 is 1.25 bits per heavy atom. The molecule has 0 spiro atoms. The predicted molar refractivity (Wildman–Crippen MR) is 87.4 cm³/mol. The van der Waals surface area contributed by atoms with Crippen LogP contribution in [0.2, 0.25) is 0 Å². The van der Waals surface area contributed by atoms with Gasteiger partial charge in [0.1, 0.15) is 0 Å². The normalized spacial score (nSPS) is 14.0. The lowest BCUT2D eigenvalue weighted by atomic mass is 9.99. The van der Waals surface area contributed by atoms with Gasteiger partial charge in [-0.3, -0.25) is 0 Å². The van der Waals surface area contributed by atoms with E-state index in [1.807, 2.05) is 48.5 Å².